The minimum absolute atomic E-state index is 0.305. The fourth-order valence-corrected chi connectivity index (χ4v) is 3.07. The Morgan fingerprint density at radius 3 is 2.75 bits per heavy atom. The van der Waals surface area contributed by atoms with Gasteiger partial charge in [-0.1, -0.05) is 13.8 Å². The third-order valence-electron chi connectivity index (χ3n) is 4.09. The first-order valence-electron chi connectivity index (χ1n) is 7.10. The number of pyridine rings is 2. The largest absolute Gasteiger partial charge is 0.488 e. The first-order valence-corrected chi connectivity index (χ1v) is 7.90. The number of hydrogen-bond donors (Lipinski definition) is 0. The van der Waals surface area contributed by atoms with Gasteiger partial charge in [0.1, 0.15) is 11.3 Å². The van der Waals surface area contributed by atoms with Gasteiger partial charge in [-0.2, -0.15) is 0 Å². The molecule has 2 aromatic rings. The summed E-state index contributed by atoms with van der Waals surface area (Å²) in [4.78, 5) is 8.79. The maximum atomic E-state index is 6.18. The van der Waals surface area contributed by atoms with E-state index in [1.54, 1.807) is 12.4 Å². The fraction of sp³-hybridized carbons (Fsp3) is 0.500. The highest BCUT2D eigenvalue weighted by molar-refractivity contribution is 9.10. The molecular weight excluding hydrogens is 316 g/mol. The summed E-state index contributed by atoms with van der Waals surface area (Å²) in [5.74, 6) is 0.854. The van der Waals surface area contributed by atoms with E-state index in [1.165, 1.54) is 12.8 Å². The molecule has 0 N–H and O–H groups in total. The van der Waals surface area contributed by atoms with Crippen molar-refractivity contribution in [3.63, 3.8) is 0 Å². The number of ether oxygens (including phenoxy) is 1. The predicted molar refractivity (Wildman–Crippen MR) is 83.9 cm³/mol. The Hall–Kier alpha value is -1.16. The van der Waals surface area contributed by atoms with Gasteiger partial charge >= 0.3 is 0 Å². The summed E-state index contributed by atoms with van der Waals surface area (Å²) in [5, 5.41) is 0. The normalized spacial score (nSPS) is 19.1. The summed E-state index contributed by atoms with van der Waals surface area (Å²) < 4.78 is 7.12. The Morgan fingerprint density at radius 1 is 1.25 bits per heavy atom. The van der Waals surface area contributed by atoms with Crippen LogP contribution in [0.5, 0.6) is 5.75 Å². The van der Waals surface area contributed by atoms with Crippen LogP contribution in [0.25, 0.3) is 11.0 Å². The molecule has 0 radical (unpaired) electrons. The molecule has 4 heteroatoms. The van der Waals surface area contributed by atoms with Crippen molar-refractivity contribution in [1.29, 1.82) is 0 Å². The van der Waals surface area contributed by atoms with Crippen molar-refractivity contribution >= 4 is 27.0 Å². The van der Waals surface area contributed by atoms with E-state index >= 15 is 0 Å². The van der Waals surface area contributed by atoms with E-state index in [1.807, 2.05) is 12.1 Å². The van der Waals surface area contributed by atoms with Gasteiger partial charge in [0.15, 0.2) is 0 Å². The second-order valence-corrected chi connectivity index (χ2v) is 7.23. The molecule has 106 valence electrons. The highest BCUT2D eigenvalue weighted by Crippen LogP contribution is 2.37. The number of fused-ring (bicyclic) bond motifs is 1. The van der Waals surface area contributed by atoms with E-state index in [0.717, 1.165) is 34.1 Å². The summed E-state index contributed by atoms with van der Waals surface area (Å²) in [5.41, 5.74) is 2.18. The lowest BCUT2D eigenvalue weighted by Gasteiger charge is -2.34. The lowest BCUT2D eigenvalue weighted by Crippen LogP contribution is -2.28. The van der Waals surface area contributed by atoms with E-state index in [-0.39, 0.29) is 0 Å². The van der Waals surface area contributed by atoms with Crippen LogP contribution in [0, 0.1) is 5.41 Å². The van der Waals surface area contributed by atoms with Crippen molar-refractivity contribution in [2.24, 2.45) is 5.41 Å². The van der Waals surface area contributed by atoms with Gasteiger partial charge in [-0.05, 0) is 53.1 Å². The zero-order valence-corrected chi connectivity index (χ0v) is 13.5. The zero-order valence-electron chi connectivity index (χ0n) is 11.9. The molecule has 0 aliphatic heterocycles. The molecule has 3 nitrogen and oxygen atoms in total. The van der Waals surface area contributed by atoms with Crippen molar-refractivity contribution in [3.05, 3.63) is 29.0 Å². The molecule has 1 saturated carbocycles. The fourth-order valence-electron chi connectivity index (χ4n) is 2.75. The van der Waals surface area contributed by atoms with Crippen molar-refractivity contribution < 1.29 is 4.74 Å². The van der Waals surface area contributed by atoms with Crippen LogP contribution in [0.2, 0.25) is 0 Å². The SMILES string of the molecule is CC1(C)CCC(Oc2ccnc3cc(Br)cnc23)CC1. The van der Waals surface area contributed by atoms with Crippen LogP contribution in [0.3, 0.4) is 0 Å². The van der Waals surface area contributed by atoms with Gasteiger partial charge in [-0.25, -0.2) is 4.98 Å². The van der Waals surface area contributed by atoms with E-state index in [2.05, 4.69) is 39.7 Å². The van der Waals surface area contributed by atoms with Gasteiger partial charge in [0.25, 0.3) is 0 Å². The number of aromatic nitrogens is 2. The van der Waals surface area contributed by atoms with E-state index in [9.17, 15) is 0 Å². The van der Waals surface area contributed by atoms with Crippen LogP contribution in [-0.4, -0.2) is 16.1 Å². The molecule has 20 heavy (non-hydrogen) atoms. The number of halogens is 1. The average Bonchev–Trinajstić information content (AvgIpc) is 2.41. The summed E-state index contributed by atoms with van der Waals surface area (Å²) in [7, 11) is 0. The molecule has 0 aromatic carbocycles. The highest BCUT2D eigenvalue weighted by atomic mass is 79.9. The van der Waals surface area contributed by atoms with Crippen LogP contribution in [0.15, 0.2) is 29.0 Å². The molecule has 0 bridgehead atoms. The van der Waals surface area contributed by atoms with Crippen LogP contribution in [-0.2, 0) is 0 Å². The van der Waals surface area contributed by atoms with Gasteiger partial charge in [0.05, 0.1) is 11.6 Å². The minimum atomic E-state index is 0.305. The van der Waals surface area contributed by atoms with Crippen molar-refractivity contribution in [1.82, 2.24) is 9.97 Å². The van der Waals surface area contributed by atoms with Crippen LogP contribution in [0.4, 0.5) is 0 Å². The monoisotopic (exact) mass is 334 g/mol. The molecule has 0 atom stereocenters. The highest BCUT2D eigenvalue weighted by Gasteiger charge is 2.28. The molecule has 0 unspecified atom stereocenters. The van der Waals surface area contributed by atoms with Crippen LogP contribution < -0.4 is 4.74 Å². The number of nitrogens with zero attached hydrogens (tertiary/aromatic N) is 2. The molecule has 1 aliphatic carbocycles. The molecule has 1 fully saturated rings. The maximum absolute atomic E-state index is 6.18. The Balaban J connectivity index is 1.81. The smallest absolute Gasteiger partial charge is 0.149 e. The molecule has 0 saturated heterocycles. The lowest BCUT2D eigenvalue weighted by atomic mass is 9.76. The van der Waals surface area contributed by atoms with Gasteiger partial charge in [0.2, 0.25) is 0 Å². The Bertz CT molecular complexity index is 617. The van der Waals surface area contributed by atoms with Crippen molar-refractivity contribution in [2.75, 3.05) is 0 Å². The molecule has 3 rings (SSSR count). The summed E-state index contributed by atoms with van der Waals surface area (Å²) in [6.07, 6.45) is 8.57. The molecule has 1 aliphatic rings. The second kappa shape index (κ2) is 5.32. The summed E-state index contributed by atoms with van der Waals surface area (Å²) in [6.45, 7) is 4.67. The van der Waals surface area contributed by atoms with Gasteiger partial charge < -0.3 is 4.74 Å². The molecule has 2 aromatic heterocycles. The van der Waals surface area contributed by atoms with Crippen LogP contribution >= 0.6 is 15.9 Å². The topological polar surface area (TPSA) is 35.0 Å². The Kier molecular flexibility index (Phi) is 3.67. The van der Waals surface area contributed by atoms with Crippen molar-refractivity contribution in [3.8, 4) is 5.75 Å². The first-order chi connectivity index (χ1) is 9.53. The summed E-state index contributed by atoms with van der Waals surface area (Å²) >= 11 is 3.42. The third kappa shape index (κ3) is 2.95. The maximum Gasteiger partial charge on any atom is 0.149 e. The van der Waals surface area contributed by atoms with E-state index in [4.69, 9.17) is 4.74 Å². The third-order valence-corrected chi connectivity index (χ3v) is 4.52. The number of hydrogen-bond acceptors (Lipinski definition) is 3. The molecular formula is C16H19BrN2O. The van der Waals surface area contributed by atoms with Gasteiger partial charge in [0, 0.05) is 22.9 Å². The van der Waals surface area contributed by atoms with Gasteiger partial charge in [-0.15, -0.1) is 0 Å². The quantitative estimate of drug-likeness (QED) is 0.795. The lowest BCUT2D eigenvalue weighted by molar-refractivity contribution is 0.0998. The first kappa shape index (κ1) is 13.8. The molecule has 0 amide bonds. The Labute approximate surface area is 127 Å². The molecule has 2 heterocycles. The standard InChI is InChI=1S/C16H19BrN2O/c1-16(2)6-3-12(4-7-16)20-14-5-8-18-13-9-11(17)10-19-15(13)14/h5,8-10,12H,3-4,6-7H2,1-2H3. The van der Waals surface area contributed by atoms with Crippen molar-refractivity contribution in [2.45, 2.75) is 45.6 Å². The zero-order chi connectivity index (χ0) is 14.2. The second-order valence-electron chi connectivity index (χ2n) is 6.31. The van der Waals surface area contributed by atoms with E-state index < -0.39 is 0 Å². The Morgan fingerprint density at radius 2 is 2.00 bits per heavy atom. The average molecular weight is 335 g/mol. The predicted octanol–water partition coefficient (Wildman–Crippen LogP) is 4.74. The summed E-state index contributed by atoms with van der Waals surface area (Å²) in [6, 6.07) is 3.89. The van der Waals surface area contributed by atoms with E-state index in [0.29, 0.717) is 11.5 Å². The number of rotatable bonds is 2. The minimum Gasteiger partial charge on any atom is -0.488 e. The van der Waals surface area contributed by atoms with Crippen LogP contribution in [0.1, 0.15) is 39.5 Å². The van der Waals surface area contributed by atoms with Gasteiger partial charge in [-0.3, -0.25) is 4.98 Å². The molecule has 0 spiro atoms.